The maximum atomic E-state index is 12.8. The summed E-state index contributed by atoms with van der Waals surface area (Å²) in [5.74, 6) is -0.505. The summed E-state index contributed by atoms with van der Waals surface area (Å²) in [6.07, 6.45) is 0.292. The zero-order valence-corrected chi connectivity index (χ0v) is 15.8. The lowest BCUT2D eigenvalue weighted by molar-refractivity contribution is -0.136. The fourth-order valence-electron chi connectivity index (χ4n) is 2.90. The summed E-state index contributed by atoms with van der Waals surface area (Å²) in [5, 5.41) is 9.02. The number of carboxylic acids is 1. The van der Waals surface area contributed by atoms with Gasteiger partial charge in [-0.2, -0.15) is 0 Å². The number of amides is 1. The van der Waals surface area contributed by atoms with Gasteiger partial charge in [-0.25, -0.2) is 0 Å². The number of carbonyl (C=O) groups excluding carboxylic acids is 1. The number of carboxylic acid groups (broad SMARTS) is 1. The van der Waals surface area contributed by atoms with Gasteiger partial charge in [0.15, 0.2) is 0 Å². The molecule has 1 heterocycles. The number of aryl methyl sites for hydroxylation is 2. The molecule has 0 atom stereocenters. The number of nitrogens with one attached hydrogen (secondary N) is 1. The van der Waals surface area contributed by atoms with Crippen LogP contribution in [0.5, 0.6) is 5.75 Å². The number of benzene rings is 2. The molecule has 0 fully saturated rings. The third-order valence-electron chi connectivity index (χ3n) is 4.47. The molecule has 0 aliphatic rings. The summed E-state index contributed by atoms with van der Waals surface area (Å²) in [6.45, 7) is 2.01. The van der Waals surface area contributed by atoms with Crippen LogP contribution in [0, 0.1) is 6.92 Å². The average molecular weight is 378 g/mol. The number of ether oxygens (including phenoxy) is 1. The Morgan fingerprint density at radius 1 is 1.00 bits per heavy atom. The molecule has 0 aliphatic heterocycles. The molecular weight excluding hydrogens is 356 g/mol. The molecule has 2 aromatic carbocycles. The normalized spacial score (nSPS) is 10.5. The molecule has 0 unspecified atom stereocenters. The van der Waals surface area contributed by atoms with Crippen molar-refractivity contribution in [3.8, 4) is 17.0 Å². The van der Waals surface area contributed by atoms with Gasteiger partial charge in [-0.1, -0.05) is 29.8 Å². The summed E-state index contributed by atoms with van der Waals surface area (Å²) in [5.41, 5.74) is 6.96. The van der Waals surface area contributed by atoms with E-state index in [1.54, 1.807) is 36.1 Å². The molecule has 0 saturated carbocycles. The van der Waals surface area contributed by atoms with E-state index in [0.29, 0.717) is 17.7 Å². The zero-order chi connectivity index (χ0) is 20.1. The molecule has 1 aromatic heterocycles. The first-order valence-electron chi connectivity index (χ1n) is 8.93. The Morgan fingerprint density at radius 3 is 2.29 bits per heavy atom. The molecule has 0 aliphatic carbocycles. The molecule has 3 aromatic rings. The van der Waals surface area contributed by atoms with Crippen LogP contribution in [0.15, 0.2) is 60.7 Å². The first-order chi connectivity index (χ1) is 13.5. The summed E-state index contributed by atoms with van der Waals surface area (Å²) in [6, 6.07) is 18.5. The van der Waals surface area contributed by atoms with E-state index in [2.05, 4.69) is 5.43 Å². The van der Waals surface area contributed by atoms with Crippen molar-refractivity contribution in [1.29, 1.82) is 0 Å². The lowest BCUT2D eigenvalue weighted by atomic mass is 10.1. The minimum absolute atomic E-state index is 0.0181. The molecule has 0 spiro atoms. The molecule has 0 radical (unpaired) electrons. The van der Waals surface area contributed by atoms with Crippen molar-refractivity contribution < 1.29 is 19.4 Å². The number of hydrogen-bond donors (Lipinski definition) is 2. The quantitative estimate of drug-likeness (QED) is 0.654. The SMILES string of the molecule is COc1ccc(C(=O)Nn2c(CCC(=O)O)ccc2-c2ccc(C)cc2)cc1. The lowest BCUT2D eigenvalue weighted by Crippen LogP contribution is -2.25. The van der Waals surface area contributed by atoms with Gasteiger partial charge in [-0.15, -0.1) is 0 Å². The fraction of sp³-hybridized carbons (Fsp3) is 0.182. The largest absolute Gasteiger partial charge is 0.497 e. The Balaban J connectivity index is 1.93. The van der Waals surface area contributed by atoms with Crippen LogP contribution >= 0.6 is 0 Å². The second-order valence-corrected chi connectivity index (χ2v) is 6.47. The summed E-state index contributed by atoms with van der Waals surface area (Å²) < 4.78 is 6.79. The van der Waals surface area contributed by atoms with Gasteiger partial charge in [0, 0.05) is 23.2 Å². The van der Waals surface area contributed by atoms with Crippen LogP contribution < -0.4 is 10.2 Å². The van der Waals surface area contributed by atoms with E-state index in [-0.39, 0.29) is 12.3 Å². The predicted molar refractivity (Wildman–Crippen MR) is 107 cm³/mol. The van der Waals surface area contributed by atoms with Crippen molar-refractivity contribution in [3.63, 3.8) is 0 Å². The third kappa shape index (κ3) is 4.40. The minimum atomic E-state index is -0.883. The minimum Gasteiger partial charge on any atom is -0.497 e. The topological polar surface area (TPSA) is 80.6 Å². The second kappa shape index (κ2) is 8.43. The van der Waals surface area contributed by atoms with Crippen LogP contribution in [0.4, 0.5) is 0 Å². The number of carbonyl (C=O) groups is 2. The molecule has 28 heavy (non-hydrogen) atoms. The predicted octanol–water partition coefficient (Wildman–Crippen LogP) is 3.87. The maximum absolute atomic E-state index is 12.8. The first kappa shape index (κ1) is 19.2. The van der Waals surface area contributed by atoms with Crippen LogP contribution in [0.2, 0.25) is 0 Å². The molecule has 6 nitrogen and oxygen atoms in total. The van der Waals surface area contributed by atoms with E-state index in [4.69, 9.17) is 9.84 Å². The molecule has 0 bridgehead atoms. The van der Waals surface area contributed by atoms with Gasteiger partial charge < -0.3 is 9.84 Å². The smallest absolute Gasteiger partial charge is 0.303 e. The van der Waals surface area contributed by atoms with Gasteiger partial charge in [0.1, 0.15) is 5.75 Å². The number of aromatic nitrogens is 1. The van der Waals surface area contributed by atoms with Gasteiger partial charge in [-0.3, -0.25) is 19.7 Å². The zero-order valence-electron chi connectivity index (χ0n) is 15.8. The van der Waals surface area contributed by atoms with Gasteiger partial charge in [-0.05, 0) is 43.3 Å². The first-order valence-corrected chi connectivity index (χ1v) is 8.93. The van der Waals surface area contributed by atoms with Crippen LogP contribution in [0.3, 0.4) is 0 Å². The van der Waals surface area contributed by atoms with Crippen molar-refractivity contribution in [2.75, 3.05) is 12.5 Å². The summed E-state index contributed by atoms with van der Waals surface area (Å²) in [4.78, 5) is 23.7. The fourth-order valence-corrected chi connectivity index (χ4v) is 2.90. The van der Waals surface area contributed by atoms with Crippen molar-refractivity contribution in [2.24, 2.45) is 0 Å². The standard InChI is InChI=1S/C22H22N2O4/c1-15-3-5-16(6-4-15)20-13-9-18(10-14-21(25)26)24(20)23-22(27)17-7-11-19(28-2)12-8-17/h3-9,11-13H,10,14H2,1-2H3,(H,23,27)(H,25,26). The molecule has 6 heteroatoms. The summed E-state index contributed by atoms with van der Waals surface area (Å²) >= 11 is 0. The highest BCUT2D eigenvalue weighted by atomic mass is 16.5. The van der Waals surface area contributed by atoms with E-state index in [0.717, 1.165) is 22.5 Å². The molecular formula is C22H22N2O4. The van der Waals surface area contributed by atoms with E-state index < -0.39 is 5.97 Å². The number of aliphatic carboxylic acids is 1. The second-order valence-electron chi connectivity index (χ2n) is 6.47. The number of hydrogen-bond acceptors (Lipinski definition) is 3. The van der Waals surface area contributed by atoms with Crippen molar-refractivity contribution in [2.45, 2.75) is 19.8 Å². The average Bonchev–Trinajstić information content (AvgIpc) is 3.09. The maximum Gasteiger partial charge on any atom is 0.303 e. The Hall–Kier alpha value is -3.54. The Bertz CT molecular complexity index is 973. The van der Waals surface area contributed by atoms with Gasteiger partial charge in [0.2, 0.25) is 0 Å². The van der Waals surface area contributed by atoms with Gasteiger partial charge in [0.05, 0.1) is 19.2 Å². The highest BCUT2D eigenvalue weighted by Gasteiger charge is 2.15. The van der Waals surface area contributed by atoms with Gasteiger partial charge in [0.25, 0.3) is 5.91 Å². The van der Waals surface area contributed by atoms with Crippen LogP contribution in [0.1, 0.15) is 28.0 Å². The molecule has 0 saturated heterocycles. The van der Waals surface area contributed by atoms with E-state index in [1.165, 1.54) is 0 Å². The molecule has 144 valence electrons. The van der Waals surface area contributed by atoms with E-state index in [1.807, 2.05) is 43.3 Å². The third-order valence-corrected chi connectivity index (χ3v) is 4.47. The van der Waals surface area contributed by atoms with E-state index in [9.17, 15) is 9.59 Å². The lowest BCUT2D eigenvalue weighted by Gasteiger charge is -2.15. The van der Waals surface area contributed by atoms with Crippen molar-refractivity contribution in [1.82, 2.24) is 4.68 Å². The van der Waals surface area contributed by atoms with E-state index >= 15 is 0 Å². The van der Waals surface area contributed by atoms with Crippen LogP contribution in [-0.2, 0) is 11.2 Å². The molecule has 2 N–H and O–H groups in total. The number of nitrogens with zero attached hydrogens (tertiary/aromatic N) is 1. The Morgan fingerprint density at radius 2 is 1.68 bits per heavy atom. The molecule has 3 rings (SSSR count). The van der Waals surface area contributed by atoms with Crippen LogP contribution in [-0.4, -0.2) is 28.8 Å². The summed E-state index contributed by atoms with van der Waals surface area (Å²) in [7, 11) is 1.57. The highest BCUT2D eigenvalue weighted by molar-refractivity contribution is 6.00. The van der Waals surface area contributed by atoms with Gasteiger partial charge >= 0.3 is 5.97 Å². The Kier molecular flexibility index (Phi) is 5.79. The number of rotatable bonds is 7. The number of methoxy groups -OCH3 is 1. The molecule has 1 amide bonds. The van der Waals surface area contributed by atoms with Crippen molar-refractivity contribution >= 4 is 11.9 Å². The van der Waals surface area contributed by atoms with Crippen molar-refractivity contribution in [3.05, 3.63) is 77.5 Å². The Labute approximate surface area is 163 Å². The monoisotopic (exact) mass is 378 g/mol. The van der Waals surface area contributed by atoms with Crippen LogP contribution in [0.25, 0.3) is 11.3 Å². The highest BCUT2D eigenvalue weighted by Crippen LogP contribution is 2.23.